The molecule has 0 heterocycles. The molecule has 0 fully saturated rings. The van der Waals surface area contributed by atoms with E-state index in [1.165, 1.54) is 0 Å². The van der Waals surface area contributed by atoms with Crippen LogP contribution in [0.4, 0.5) is 5.69 Å². The molecule has 0 amide bonds. The minimum Gasteiger partial charge on any atom is -0.507 e. The number of benzene rings is 2. The lowest BCUT2D eigenvalue weighted by Crippen LogP contribution is -1.92. The van der Waals surface area contributed by atoms with E-state index in [0.29, 0.717) is 5.75 Å². The second-order valence-electron chi connectivity index (χ2n) is 4.00. The number of aromatic hydroxyl groups is 1. The van der Waals surface area contributed by atoms with Gasteiger partial charge in [-0.15, -0.1) is 0 Å². The van der Waals surface area contributed by atoms with Gasteiger partial charge >= 0.3 is 0 Å². The van der Waals surface area contributed by atoms with E-state index in [1.807, 2.05) is 30.3 Å². The van der Waals surface area contributed by atoms with E-state index in [4.69, 9.17) is 9.47 Å². The molecule has 0 bridgehead atoms. The van der Waals surface area contributed by atoms with Gasteiger partial charge in [0.25, 0.3) is 0 Å². The molecule has 0 saturated carbocycles. The third-order valence-electron chi connectivity index (χ3n) is 2.72. The number of methoxy groups -OCH3 is 2. The molecular weight excluding hydrogens is 369 g/mol. The first-order chi connectivity index (χ1) is 9.63. The van der Waals surface area contributed by atoms with E-state index in [9.17, 15) is 5.11 Å². The summed E-state index contributed by atoms with van der Waals surface area (Å²) < 4.78 is 11.1. The number of ether oxygens (including phenoxy) is 2. The first-order valence-corrected chi connectivity index (χ1v) is 6.96. The maximum atomic E-state index is 9.65. The molecule has 0 aromatic heterocycles. The van der Waals surface area contributed by atoms with Gasteiger partial charge < -0.3 is 14.6 Å². The molecule has 0 atom stereocenters. The van der Waals surface area contributed by atoms with Crippen molar-refractivity contribution in [3.8, 4) is 17.2 Å². The predicted octanol–water partition coefficient (Wildman–Crippen LogP) is 3.76. The second-order valence-corrected chi connectivity index (χ2v) is 5.16. The summed E-state index contributed by atoms with van der Waals surface area (Å²) in [6.07, 6.45) is 1.71. The maximum Gasteiger partial charge on any atom is 0.132 e. The van der Waals surface area contributed by atoms with Gasteiger partial charge in [-0.1, -0.05) is 0 Å². The van der Waals surface area contributed by atoms with Crippen molar-refractivity contribution >= 4 is 34.5 Å². The van der Waals surface area contributed by atoms with E-state index in [-0.39, 0.29) is 5.75 Å². The Morgan fingerprint density at radius 1 is 1.10 bits per heavy atom. The van der Waals surface area contributed by atoms with Crippen LogP contribution in [-0.4, -0.2) is 25.5 Å². The van der Waals surface area contributed by atoms with Crippen molar-refractivity contribution in [3.63, 3.8) is 0 Å². The summed E-state index contributed by atoms with van der Waals surface area (Å²) in [7, 11) is 3.19. The average Bonchev–Trinajstić information content (AvgIpc) is 2.48. The molecule has 104 valence electrons. The molecule has 0 saturated heterocycles. The monoisotopic (exact) mass is 383 g/mol. The highest BCUT2D eigenvalue weighted by molar-refractivity contribution is 14.1. The molecule has 2 aromatic carbocycles. The van der Waals surface area contributed by atoms with E-state index >= 15 is 0 Å². The molecule has 4 nitrogen and oxygen atoms in total. The minimum absolute atomic E-state index is 0.198. The lowest BCUT2D eigenvalue weighted by Gasteiger charge is -2.06. The molecule has 20 heavy (non-hydrogen) atoms. The van der Waals surface area contributed by atoms with Gasteiger partial charge in [0.05, 0.1) is 23.5 Å². The summed E-state index contributed by atoms with van der Waals surface area (Å²) in [6, 6.07) is 10.8. The number of rotatable bonds is 4. The SMILES string of the molecule is COc1ccc(N=Cc2cc(I)c(O)cc2OC)cc1. The van der Waals surface area contributed by atoms with E-state index < -0.39 is 0 Å². The number of phenols is 1. The first kappa shape index (κ1) is 14.6. The highest BCUT2D eigenvalue weighted by Gasteiger charge is 2.06. The predicted molar refractivity (Wildman–Crippen MR) is 87.6 cm³/mol. The normalized spacial score (nSPS) is 10.8. The number of hydrogen-bond acceptors (Lipinski definition) is 4. The molecule has 0 aliphatic carbocycles. The number of nitrogens with zero attached hydrogens (tertiary/aromatic N) is 1. The Kier molecular flexibility index (Phi) is 4.84. The van der Waals surface area contributed by atoms with Crippen LogP contribution in [0, 0.1) is 3.57 Å². The smallest absolute Gasteiger partial charge is 0.132 e. The molecule has 5 heteroatoms. The Morgan fingerprint density at radius 2 is 1.80 bits per heavy atom. The van der Waals surface area contributed by atoms with Crippen molar-refractivity contribution in [1.29, 1.82) is 0 Å². The number of phenolic OH excluding ortho intramolecular Hbond substituents is 1. The van der Waals surface area contributed by atoms with Gasteiger partial charge in [0.1, 0.15) is 17.2 Å². The first-order valence-electron chi connectivity index (χ1n) is 5.88. The third-order valence-corrected chi connectivity index (χ3v) is 3.59. The number of halogens is 1. The van der Waals surface area contributed by atoms with Crippen molar-refractivity contribution in [2.45, 2.75) is 0 Å². The Balaban J connectivity index is 2.28. The van der Waals surface area contributed by atoms with Crippen LogP contribution in [0.15, 0.2) is 41.4 Å². The number of aliphatic imine (C=N–C) groups is 1. The molecule has 0 unspecified atom stereocenters. The maximum absolute atomic E-state index is 9.65. The van der Waals surface area contributed by atoms with Gasteiger partial charge in [0.2, 0.25) is 0 Å². The highest BCUT2D eigenvalue weighted by Crippen LogP contribution is 2.28. The van der Waals surface area contributed by atoms with Crippen LogP contribution in [-0.2, 0) is 0 Å². The minimum atomic E-state index is 0.198. The van der Waals surface area contributed by atoms with Gasteiger partial charge in [-0.2, -0.15) is 0 Å². The van der Waals surface area contributed by atoms with Crippen LogP contribution in [0.25, 0.3) is 0 Å². The van der Waals surface area contributed by atoms with Gasteiger partial charge in [-0.05, 0) is 52.9 Å². The zero-order valence-electron chi connectivity index (χ0n) is 11.1. The van der Waals surface area contributed by atoms with Crippen molar-refractivity contribution in [3.05, 3.63) is 45.5 Å². The topological polar surface area (TPSA) is 51.0 Å². The van der Waals surface area contributed by atoms with Gasteiger partial charge in [0, 0.05) is 17.8 Å². The fourth-order valence-electron chi connectivity index (χ4n) is 1.65. The van der Waals surface area contributed by atoms with E-state index in [2.05, 4.69) is 27.6 Å². The zero-order valence-corrected chi connectivity index (χ0v) is 13.3. The Morgan fingerprint density at radius 3 is 2.40 bits per heavy atom. The Labute approximate surface area is 131 Å². The average molecular weight is 383 g/mol. The lowest BCUT2D eigenvalue weighted by molar-refractivity contribution is 0.406. The quantitative estimate of drug-likeness (QED) is 0.646. The second kappa shape index (κ2) is 6.60. The third kappa shape index (κ3) is 3.41. The van der Waals surface area contributed by atoms with Crippen molar-refractivity contribution in [2.24, 2.45) is 4.99 Å². The highest BCUT2D eigenvalue weighted by atomic mass is 127. The summed E-state index contributed by atoms with van der Waals surface area (Å²) in [5.41, 5.74) is 1.63. The largest absolute Gasteiger partial charge is 0.507 e. The van der Waals surface area contributed by atoms with Crippen LogP contribution in [0.2, 0.25) is 0 Å². The standard InChI is InChI=1S/C15H14INO3/c1-19-12-5-3-11(4-6-12)17-9-10-7-13(16)14(18)8-15(10)20-2/h3-9,18H,1-2H3. The molecule has 0 aliphatic rings. The summed E-state index contributed by atoms with van der Waals surface area (Å²) in [4.78, 5) is 4.39. The Bertz CT molecular complexity index is 624. The zero-order chi connectivity index (χ0) is 14.5. The molecular formula is C15H14INO3. The van der Waals surface area contributed by atoms with Crippen molar-refractivity contribution < 1.29 is 14.6 Å². The van der Waals surface area contributed by atoms with Crippen LogP contribution in [0.1, 0.15) is 5.56 Å². The van der Waals surface area contributed by atoms with Gasteiger partial charge in [-0.25, -0.2) is 0 Å². The Hall–Kier alpha value is -1.76. The lowest BCUT2D eigenvalue weighted by atomic mass is 10.2. The fraction of sp³-hybridized carbons (Fsp3) is 0.133. The molecule has 0 radical (unpaired) electrons. The van der Waals surface area contributed by atoms with Crippen molar-refractivity contribution in [2.75, 3.05) is 14.2 Å². The van der Waals surface area contributed by atoms with Gasteiger partial charge in [-0.3, -0.25) is 4.99 Å². The van der Waals surface area contributed by atoms with Crippen molar-refractivity contribution in [1.82, 2.24) is 0 Å². The van der Waals surface area contributed by atoms with Crippen LogP contribution < -0.4 is 9.47 Å². The molecule has 0 spiro atoms. The summed E-state index contributed by atoms with van der Waals surface area (Å²) in [6.45, 7) is 0. The van der Waals surface area contributed by atoms with Crippen LogP contribution in [0.5, 0.6) is 17.2 Å². The number of hydrogen-bond donors (Lipinski definition) is 1. The van der Waals surface area contributed by atoms with Crippen LogP contribution in [0.3, 0.4) is 0 Å². The fourth-order valence-corrected chi connectivity index (χ4v) is 2.14. The molecule has 0 aliphatic heterocycles. The summed E-state index contributed by atoms with van der Waals surface area (Å²) in [5, 5.41) is 9.65. The van der Waals surface area contributed by atoms with Crippen LogP contribution >= 0.6 is 22.6 Å². The van der Waals surface area contributed by atoms with Gasteiger partial charge in [0.15, 0.2) is 0 Å². The molecule has 2 rings (SSSR count). The molecule has 1 N–H and O–H groups in total. The summed E-state index contributed by atoms with van der Waals surface area (Å²) in [5.74, 6) is 1.57. The van der Waals surface area contributed by atoms with E-state index in [0.717, 1.165) is 20.6 Å². The molecule has 2 aromatic rings. The summed E-state index contributed by atoms with van der Waals surface area (Å²) >= 11 is 2.06. The van der Waals surface area contributed by atoms with E-state index in [1.54, 1.807) is 26.5 Å².